The van der Waals surface area contributed by atoms with Crippen LogP contribution < -0.4 is 5.32 Å². The zero-order chi connectivity index (χ0) is 18.2. The van der Waals surface area contributed by atoms with Crippen molar-refractivity contribution in [2.24, 2.45) is 0 Å². The molecular weight excluding hydrogens is 380 g/mol. The van der Waals surface area contributed by atoms with Gasteiger partial charge in [-0.2, -0.15) is 0 Å². The monoisotopic (exact) mass is 402 g/mol. The van der Waals surface area contributed by atoms with Crippen molar-refractivity contribution in [2.75, 3.05) is 28.3 Å². The van der Waals surface area contributed by atoms with Crippen LogP contribution in [0.5, 0.6) is 0 Å². The molecule has 0 aliphatic carbocycles. The van der Waals surface area contributed by atoms with E-state index < -0.39 is 19.7 Å². The molecule has 2 aliphatic rings. The summed E-state index contributed by atoms with van der Waals surface area (Å²) in [5, 5.41) is 3.54. The third-order valence-corrected chi connectivity index (χ3v) is 8.55. The molecule has 25 heavy (non-hydrogen) atoms. The summed E-state index contributed by atoms with van der Waals surface area (Å²) in [6.45, 7) is 1.99. The Balaban J connectivity index is 1.82. The van der Waals surface area contributed by atoms with Gasteiger partial charge in [0.2, 0.25) is 0 Å². The van der Waals surface area contributed by atoms with Crippen LogP contribution in [0.25, 0.3) is 0 Å². The molecule has 0 saturated carbocycles. The highest BCUT2D eigenvalue weighted by atomic mass is 32.2. The fraction of sp³-hybridized carbons (Fsp3) is 0.562. The van der Waals surface area contributed by atoms with Gasteiger partial charge in [-0.1, -0.05) is 17.7 Å². The fourth-order valence-corrected chi connectivity index (χ4v) is 7.28. The number of rotatable bonds is 3. The third kappa shape index (κ3) is 4.51. The van der Waals surface area contributed by atoms with E-state index in [0.29, 0.717) is 18.0 Å². The number of nitrogens with zero attached hydrogens (tertiary/aromatic N) is 1. The number of nitrogens with one attached hydrogen (secondary N) is 1. The smallest absolute Gasteiger partial charge is 0.173 e. The topological polar surface area (TPSA) is 83.6 Å². The van der Waals surface area contributed by atoms with Crippen molar-refractivity contribution in [1.82, 2.24) is 4.90 Å². The summed E-state index contributed by atoms with van der Waals surface area (Å²) in [4.78, 5) is 1.82. The molecule has 0 amide bonds. The Kier molecular flexibility index (Phi) is 5.09. The average Bonchev–Trinajstić information content (AvgIpc) is 3.04. The fourth-order valence-electron chi connectivity index (χ4n) is 3.44. The van der Waals surface area contributed by atoms with Crippen LogP contribution in [-0.4, -0.2) is 61.9 Å². The molecule has 1 N–H and O–H groups in total. The van der Waals surface area contributed by atoms with Gasteiger partial charge in [-0.05, 0) is 44.1 Å². The van der Waals surface area contributed by atoms with Gasteiger partial charge >= 0.3 is 0 Å². The van der Waals surface area contributed by atoms with Gasteiger partial charge in [-0.3, -0.25) is 0 Å². The summed E-state index contributed by atoms with van der Waals surface area (Å²) in [6, 6.07) is 7.17. The molecule has 2 atom stereocenters. The maximum atomic E-state index is 11.9. The first-order valence-electron chi connectivity index (χ1n) is 8.22. The van der Waals surface area contributed by atoms with Crippen molar-refractivity contribution < 1.29 is 16.8 Å². The molecule has 1 aromatic carbocycles. The van der Waals surface area contributed by atoms with E-state index in [1.54, 1.807) is 0 Å². The molecule has 0 aromatic heterocycles. The van der Waals surface area contributed by atoms with E-state index in [2.05, 4.69) is 5.32 Å². The van der Waals surface area contributed by atoms with Gasteiger partial charge in [-0.25, -0.2) is 16.8 Å². The Bertz CT molecular complexity index is 819. The van der Waals surface area contributed by atoms with Crippen molar-refractivity contribution in [3.05, 3.63) is 29.8 Å². The number of anilines is 1. The number of sulfone groups is 2. The molecule has 2 fully saturated rings. The van der Waals surface area contributed by atoms with E-state index in [4.69, 9.17) is 12.2 Å². The lowest BCUT2D eigenvalue weighted by Crippen LogP contribution is -2.50. The molecule has 0 spiro atoms. The lowest BCUT2D eigenvalue weighted by atomic mass is 10.1. The first-order valence-corrected chi connectivity index (χ1v) is 12.3. The molecule has 9 heteroatoms. The van der Waals surface area contributed by atoms with Crippen molar-refractivity contribution >= 4 is 42.7 Å². The summed E-state index contributed by atoms with van der Waals surface area (Å²) in [7, 11) is -6.18. The highest BCUT2D eigenvalue weighted by Crippen LogP contribution is 2.27. The third-order valence-electron chi connectivity index (χ3n) is 4.74. The van der Waals surface area contributed by atoms with Crippen LogP contribution in [0, 0.1) is 6.92 Å². The molecule has 6 nitrogen and oxygen atoms in total. The predicted octanol–water partition coefficient (Wildman–Crippen LogP) is 1.37. The lowest BCUT2D eigenvalue weighted by Gasteiger charge is -2.35. The number of benzene rings is 1. The van der Waals surface area contributed by atoms with Crippen LogP contribution in [0.1, 0.15) is 18.4 Å². The molecule has 0 unspecified atom stereocenters. The highest BCUT2D eigenvalue weighted by molar-refractivity contribution is 7.92. The van der Waals surface area contributed by atoms with E-state index in [9.17, 15) is 16.8 Å². The van der Waals surface area contributed by atoms with Gasteiger partial charge in [0, 0.05) is 17.8 Å². The van der Waals surface area contributed by atoms with Crippen molar-refractivity contribution in [3.63, 3.8) is 0 Å². The van der Waals surface area contributed by atoms with E-state index in [1.165, 1.54) is 0 Å². The van der Waals surface area contributed by atoms with E-state index in [-0.39, 0.29) is 35.1 Å². The van der Waals surface area contributed by atoms with Crippen LogP contribution in [0.2, 0.25) is 0 Å². The van der Waals surface area contributed by atoms with Crippen LogP contribution in [0.15, 0.2) is 24.3 Å². The predicted molar refractivity (Wildman–Crippen MR) is 103 cm³/mol. The molecule has 2 saturated heterocycles. The van der Waals surface area contributed by atoms with Gasteiger partial charge in [0.25, 0.3) is 0 Å². The number of thiocarbonyl (C=S) groups is 1. The maximum absolute atomic E-state index is 11.9. The minimum absolute atomic E-state index is 0.0270. The molecule has 0 bridgehead atoms. The van der Waals surface area contributed by atoms with Gasteiger partial charge in [-0.15, -0.1) is 0 Å². The summed E-state index contributed by atoms with van der Waals surface area (Å²) in [6.07, 6.45) is 0.962. The average molecular weight is 403 g/mol. The Morgan fingerprint density at radius 1 is 1.00 bits per heavy atom. The van der Waals surface area contributed by atoms with E-state index >= 15 is 0 Å². The number of aryl methyl sites for hydroxylation is 1. The van der Waals surface area contributed by atoms with Crippen LogP contribution in [0.3, 0.4) is 0 Å². The molecule has 0 radical (unpaired) electrons. The second-order valence-corrected chi connectivity index (χ2v) is 11.7. The first-order chi connectivity index (χ1) is 11.7. The molecular formula is C16H22N2O4S3. The molecule has 3 rings (SSSR count). The van der Waals surface area contributed by atoms with E-state index in [1.807, 2.05) is 36.1 Å². The minimum atomic E-state index is -3.09. The number of hydrogen-bond acceptors (Lipinski definition) is 5. The van der Waals surface area contributed by atoms with Crippen LogP contribution in [-0.2, 0) is 19.7 Å². The zero-order valence-corrected chi connectivity index (χ0v) is 16.5. The van der Waals surface area contributed by atoms with Crippen LogP contribution >= 0.6 is 12.2 Å². The molecule has 2 aliphatic heterocycles. The molecule has 2 heterocycles. The minimum Gasteiger partial charge on any atom is -0.341 e. The van der Waals surface area contributed by atoms with Gasteiger partial charge in [0.15, 0.2) is 24.8 Å². The van der Waals surface area contributed by atoms with Gasteiger partial charge in [0.05, 0.1) is 23.0 Å². The first kappa shape index (κ1) is 18.6. The Morgan fingerprint density at radius 2 is 1.48 bits per heavy atom. The maximum Gasteiger partial charge on any atom is 0.173 e. The molecule has 138 valence electrons. The van der Waals surface area contributed by atoms with Crippen molar-refractivity contribution in [3.8, 4) is 0 Å². The van der Waals surface area contributed by atoms with E-state index in [0.717, 1.165) is 11.3 Å². The second-order valence-electron chi connectivity index (χ2n) is 6.82. The zero-order valence-electron chi connectivity index (χ0n) is 14.0. The summed E-state index contributed by atoms with van der Waals surface area (Å²) in [5.41, 5.74) is 1.93. The highest BCUT2D eigenvalue weighted by Gasteiger charge is 2.41. The summed E-state index contributed by atoms with van der Waals surface area (Å²) in [5.74, 6) is 0.306. The Hall–Kier alpha value is -1.19. The Labute approximate surface area is 154 Å². The molecule has 1 aromatic rings. The van der Waals surface area contributed by atoms with Crippen LogP contribution in [0.4, 0.5) is 5.69 Å². The SMILES string of the molecule is Cc1ccc(NC(=S)N([C@@H]2CCS(=O)(=O)C2)[C@@H]2CCS(=O)(=O)C2)cc1. The quantitative estimate of drug-likeness (QED) is 0.765. The lowest BCUT2D eigenvalue weighted by molar-refractivity contribution is 0.273. The van der Waals surface area contributed by atoms with Crippen molar-refractivity contribution in [1.29, 1.82) is 0 Å². The number of hydrogen-bond donors (Lipinski definition) is 1. The Morgan fingerprint density at radius 3 is 1.88 bits per heavy atom. The standard InChI is InChI=1S/C16H22N2O4S3/c1-12-2-4-13(5-3-12)17-16(23)18(14-6-8-24(19,20)10-14)15-7-9-25(21,22)11-15/h2-5,14-15H,6-11H2,1H3,(H,17,23)/t14-,15-/m1/s1. The largest absolute Gasteiger partial charge is 0.341 e. The second kappa shape index (κ2) is 6.85. The van der Waals surface area contributed by atoms with Gasteiger partial charge < -0.3 is 10.2 Å². The summed E-state index contributed by atoms with van der Waals surface area (Å²) >= 11 is 5.54. The summed E-state index contributed by atoms with van der Waals surface area (Å²) < 4.78 is 47.6. The van der Waals surface area contributed by atoms with Crippen molar-refractivity contribution in [2.45, 2.75) is 31.8 Å². The van der Waals surface area contributed by atoms with Gasteiger partial charge in [0.1, 0.15) is 0 Å². The normalized spacial score (nSPS) is 27.1.